The lowest BCUT2D eigenvalue weighted by molar-refractivity contribution is -0.135. The Morgan fingerprint density at radius 3 is 2.45 bits per heavy atom. The molecule has 0 atom stereocenters. The van der Waals surface area contributed by atoms with Crippen LogP contribution in [-0.4, -0.2) is 29.8 Å². The maximum Gasteiger partial charge on any atom is 0.223 e. The second-order valence-corrected chi connectivity index (χ2v) is 6.19. The van der Waals surface area contributed by atoms with Crippen molar-refractivity contribution in [1.29, 1.82) is 0 Å². The van der Waals surface area contributed by atoms with Gasteiger partial charge in [-0.25, -0.2) is 0 Å². The zero-order valence-electron chi connectivity index (χ0n) is 13.0. The minimum Gasteiger partial charge on any atom is -0.352 e. The van der Waals surface area contributed by atoms with Crippen LogP contribution in [0.4, 0.5) is 0 Å². The highest BCUT2D eigenvalue weighted by Crippen LogP contribution is 2.18. The van der Waals surface area contributed by atoms with E-state index in [9.17, 15) is 9.59 Å². The first-order chi connectivity index (χ1) is 10.6. The van der Waals surface area contributed by atoms with E-state index < -0.39 is 0 Å². The topological polar surface area (TPSA) is 49.4 Å². The number of hydrogen-bond acceptors (Lipinski definition) is 2. The van der Waals surface area contributed by atoms with Gasteiger partial charge >= 0.3 is 0 Å². The molecule has 0 bridgehead atoms. The molecular weight excluding hydrogens is 300 g/mol. The lowest BCUT2D eigenvalue weighted by Gasteiger charge is -2.31. The van der Waals surface area contributed by atoms with Crippen molar-refractivity contribution in [2.75, 3.05) is 13.1 Å². The Balaban J connectivity index is 1.75. The van der Waals surface area contributed by atoms with Gasteiger partial charge in [0.05, 0.1) is 0 Å². The maximum atomic E-state index is 12.2. The molecular formula is C17H23ClN2O2. The van der Waals surface area contributed by atoms with E-state index in [-0.39, 0.29) is 17.7 Å². The fourth-order valence-corrected chi connectivity index (χ4v) is 2.82. The van der Waals surface area contributed by atoms with Gasteiger partial charge in [0.25, 0.3) is 0 Å². The van der Waals surface area contributed by atoms with E-state index in [1.54, 1.807) is 0 Å². The Morgan fingerprint density at radius 2 is 1.86 bits per heavy atom. The molecule has 1 aliphatic heterocycles. The molecule has 1 aromatic carbocycles. The predicted molar refractivity (Wildman–Crippen MR) is 87.5 cm³/mol. The summed E-state index contributed by atoms with van der Waals surface area (Å²) in [5, 5.41) is 3.67. The Kier molecular flexibility index (Phi) is 6.25. The van der Waals surface area contributed by atoms with Crippen LogP contribution in [0.3, 0.4) is 0 Å². The van der Waals surface area contributed by atoms with E-state index in [1.807, 2.05) is 36.1 Å². The summed E-state index contributed by atoms with van der Waals surface area (Å²) < 4.78 is 0. The first-order valence-corrected chi connectivity index (χ1v) is 8.28. The standard InChI is InChI=1S/C17H23ClN2O2/c1-2-3-16(21)20-10-8-14(9-11-20)17(22)19-12-13-4-6-15(18)7-5-13/h4-7,14H,2-3,8-12H2,1H3,(H,19,22). The fourth-order valence-electron chi connectivity index (χ4n) is 2.70. The molecule has 5 heteroatoms. The number of nitrogens with zero attached hydrogens (tertiary/aromatic N) is 1. The highest BCUT2D eigenvalue weighted by atomic mass is 35.5. The third-order valence-corrected chi connectivity index (χ3v) is 4.31. The molecule has 1 saturated heterocycles. The van der Waals surface area contributed by atoms with E-state index in [2.05, 4.69) is 5.32 Å². The van der Waals surface area contributed by atoms with Crippen molar-refractivity contribution in [3.05, 3.63) is 34.9 Å². The second-order valence-electron chi connectivity index (χ2n) is 5.75. The van der Waals surface area contributed by atoms with Crippen molar-refractivity contribution >= 4 is 23.4 Å². The zero-order chi connectivity index (χ0) is 15.9. The van der Waals surface area contributed by atoms with Crippen molar-refractivity contribution in [2.24, 2.45) is 5.92 Å². The predicted octanol–water partition coefficient (Wildman–Crippen LogP) is 2.99. The van der Waals surface area contributed by atoms with Gasteiger partial charge in [-0.15, -0.1) is 0 Å². The molecule has 0 saturated carbocycles. The largest absolute Gasteiger partial charge is 0.352 e. The molecule has 4 nitrogen and oxygen atoms in total. The van der Waals surface area contributed by atoms with Gasteiger partial charge in [0.15, 0.2) is 0 Å². The SMILES string of the molecule is CCCC(=O)N1CCC(C(=O)NCc2ccc(Cl)cc2)CC1. The molecule has 1 aromatic rings. The molecule has 2 rings (SSSR count). The minimum atomic E-state index is 0.0120. The number of rotatable bonds is 5. The second kappa shape index (κ2) is 8.18. The summed E-state index contributed by atoms with van der Waals surface area (Å²) >= 11 is 5.84. The summed E-state index contributed by atoms with van der Waals surface area (Å²) in [6.45, 7) is 3.91. The van der Waals surface area contributed by atoms with Crippen LogP contribution in [0.25, 0.3) is 0 Å². The quantitative estimate of drug-likeness (QED) is 0.906. The van der Waals surface area contributed by atoms with E-state index >= 15 is 0 Å². The summed E-state index contributed by atoms with van der Waals surface area (Å²) in [5.41, 5.74) is 1.04. The zero-order valence-corrected chi connectivity index (χ0v) is 13.7. The van der Waals surface area contributed by atoms with Gasteiger partial charge < -0.3 is 10.2 Å². The molecule has 0 aliphatic carbocycles. The van der Waals surface area contributed by atoms with Crippen LogP contribution < -0.4 is 5.32 Å². The van der Waals surface area contributed by atoms with Gasteiger partial charge in [-0.1, -0.05) is 30.7 Å². The van der Waals surface area contributed by atoms with Crippen LogP contribution in [0, 0.1) is 5.92 Å². The van der Waals surface area contributed by atoms with E-state index in [0.29, 0.717) is 31.1 Å². The number of hydrogen-bond donors (Lipinski definition) is 1. The average molecular weight is 323 g/mol. The van der Waals surface area contributed by atoms with Gasteiger partial charge in [-0.3, -0.25) is 9.59 Å². The number of amides is 2. The van der Waals surface area contributed by atoms with Crippen LogP contribution in [0.2, 0.25) is 5.02 Å². The number of carbonyl (C=O) groups excluding carboxylic acids is 2. The molecule has 1 heterocycles. The Hall–Kier alpha value is -1.55. The first kappa shape index (κ1) is 16.8. The number of piperidine rings is 1. The molecule has 1 fully saturated rings. The van der Waals surface area contributed by atoms with E-state index in [1.165, 1.54) is 0 Å². The van der Waals surface area contributed by atoms with Crippen molar-refractivity contribution in [1.82, 2.24) is 10.2 Å². The monoisotopic (exact) mass is 322 g/mol. The Bertz CT molecular complexity index is 508. The molecule has 120 valence electrons. The number of benzene rings is 1. The maximum absolute atomic E-state index is 12.2. The first-order valence-electron chi connectivity index (χ1n) is 7.90. The van der Waals surface area contributed by atoms with Crippen molar-refractivity contribution in [3.63, 3.8) is 0 Å². The summed E-state index contributed by atoms with van der Waals surface area (Å²) in [5.74, 6) is 0.304. The van der Waals surface area contributed by atoms with Crippen LogP contribution >= 0.6 is 11.6 Å². The third-order valence-electron chi connectivity index (χ3n) is 4.06. The number of halogens is 1. The van der Waals surface area contributed by atoms with Crippen LogP contribution in [-0.2, 0) is 16.1 Å². The lowest BCUT2D eigenvalue weighted by atomic mass is 9.95. The highest BCUT2D eigenvalue weighted by Gasteiger charge is 2.26. The van der Waals surface area contributed by atoms with Gasteiger partial charge in [-0.05, 0) is 37.0 Å². The van der Waals surface area contributed by atoms with E-state index in [0.717, 1.165) is 24.8 Å². The van der Waals surface area contributed by atoms with Crippen LogP contribution in [0.5, 0.6) is 0 Å². The molecule has 0 unspecified atom stereocenters. The lowest BCUT2D eigenvalue weighted by Crippen LogP contribution is -2.42. The fraction of sp³-hybridized carbons (Fsp3) is 0.529. The minimum absolute atomic E-state index is 0.0120. The van der Waals surface area contributed by atoms with Crippen LogP contribution in [0.15, 0.2) is 24.3 Å². The van der Waals surface area contributed by atoms with Gasteiger partial charge in [0, 0.05) is 37.0 Å². The Morgan fingerprint density at radius 1 is 1.23 bits per heavy atom. The van der Waals surface area contributed by atoms with Crippen molar-refractivity contribution in [2.45, 2.75) is 39.2 Å². The van der Waals surface area contributed by atoms with E-state index in [4.69, 9.17) is 11.6 Å². The molecule has 0 spiro atoms. The molecule has 22 heavy (non-hydrogen) atoms. The third kappa shape index (κ3) is 4.73. The average Bonchev–Trinajstić information content (AvgIpc) is 2.54. The van der Waals surface area contributed by atoms with Gasteiger partial charge in [0.2, 0.25) is 11.8 Å². The highest BCUT2D eigenvalue weighted by molar-refractivity contribution is 6.30. The number of likely N-dealkylation sites (tertiary alicyclic amines) is 1. The molecule has 2 amide bonds. The summed E-state index contributed by atoms with van der Waals surface area (Å²) in [6.07, 6.45) is 2.98. The summed E-state index contributed by atoms with van der Waals surface area (Å²) in [4.78, 5) is 25.9. The van der Waals surface area contributed by atoms with Gasteiger partial charge in [0.1, 0.15) is 0 Å². The summed E-state index contributed by atoms with van der Waals surface area (Å²) in [7, 11) is 0. The number of carbonyl (C=O) groups is 2. The Labute approximate surface area is 136 Å². The molecule has 0 radical (unpaired) electrons. The summed E-state index contributed by atoms with van der Waals surface area (Å²) in [6, 6.07) is 7.46. The normalized spacial score (nSPS) is 15.6. The van der Waals surface area contributed by atoms with Crippen LogP contribution in [0.1, 0.15) is 38.2 Å². The molecule has 1 N–H and O–H groups in total. The molecule has 1 aliphatic rings. The van der Waals surface area contributed by atoms with Gasteiger partial charge in [-0.2, -0.15) is 0 Å². The van der Waals surface area contributed by atoms with Crippen molar-refractivity contribution < 1.29 is 9.59 Å². The number of nitrogens with one attached hydrogen (secondary N) is 1. The molecule has 0 aromatic heterocycles. The van der Waals surface area contributed by atoms with Crippen molar-refractivity contribution in [3.8, 4) is 0 Å². The smallest absolute Gasteiger partial charge is 0.223 e.